The second-order valence-corrected chi connectivity index (χ2v) is 4.32. The average molecular weight is 249 g/mol. The monoisotopic (exact) mass is 249 g/mol. The molecule has 1 aromatic rings. The Morgan fingerprint density at radius 2 is 1.88 bits per heavy atom. The number of rotatable bonds is 1. The molecule has 1 aromatic carbocycles. The van der Waals surface area contributed by atoms with Gasteiger partial charge in [0.05, 0.1) is 5.71 Å². The molecule has 2 rings (SSSR count). The van der Waals surface area contributed by atoms with Gasteiger partial charge in [-0.15, -0.1) is 0 Å². The van der Waals surface area contributed by atoms with E-state index in [2.05, 4.69) is 46.7 Å². The minimum absolute atomic E-state index is 0.878. The van der Waals surface area contributed by atoms with E-state index in [1.165, 1.54) is 11.1 Å². The summed E-state index contributed by atoms with van der Waals surface area (Å²) in [6.07, 6.45) is 0. The molecular formula is C13H19N3S. The van der Waals surface area contributed by atoms with E-state index in [0.29, 0.717) is 0 Å². The van der Waals surface area contributed by atoms with Crippen molar-refractivity contribution < 1.29 is 0 Å². The summed E-state index contributed by atoms with van der Waals surface area (Å²) in [5.41, 5.74) is 6.46. The van der Waals surface area contributed by atoms with Crippen LogP contribution in [0.3, 0.4) is 0 Å². The van der Waals surface area contributed by atoms with Gasteiger partial charge < -0.3 is 0 Å². The molecule has 0 spiro atoms. The second-order valence-electron chi connectivity index (χ2n) is 3.35. The first-order chi connectivity index (χ1) is 8.29. The van der Waals surface area contributed by atoms with Gasteiger partial charge in [-0.25, -0.2) is 0 Å². The molecule has 1 aliphatic rings. The van der Waals surface area contributed by atoms with Crippen molar-refractivity contribution in [1.29, 1.82) is 0 Å². The van der Waals surface area contributed by atoms with Crippen LogP contribution >= 0.6 is 11.8 Å². The van der Waals surface area contributed by atoms with E-state index in [0.717, 1.165) is 16.6 Å². The summed E-state index contributed by atoms with van der Waals surface area (Å²) in [5.74, 6) is 0.878. The van der Waals surface area contributed by atoms with Crippen molar-refractivity contribution in [2.75, 3.05) is 12.8 Å². The lowest BCUT2D eigenvalue weighted by Crippen LogP contribution is -2.25. The maximum Gasteiger partial charge on any atom is 0.177 e. The van der Waals surface area contributed by atoms with Gasteiger partial charge in [-0.05, 0) is 12.5 Å². The summed E-state index contributed by atoms with van der Waals surface area (Å²) in [6, 6.07) is 8.41. The van der Waals surface area contributed by atoms with Crippen molar-refractivity contribution in [1.82, 2.24) is 5.43 Å². The van der Waals surface area contributed by atoms with Crippen LogP contribution in [0.15, 0.2) is 34.4 Å². The number of aliphatic imine (C=N–C) groups is 1. The molecule has 0 aliphatic carbocycles. The molecule has 1 heterocycles. The van der Waals surface area contributed by atoms with Gasteiger partial charge in [0.1, 0.15) is 0 Å². The van der Waals surface area contributed by atoms with Gasteiger partial charge in [0, 0.05) is 12.8 Å². The zero-order valence-corrected chi connectivity index (χ0v) is 11.6. The summed E-state index contributed by atoms with van der Waals surface area (Å²) in [4.78, 5) is 4.05. The largest absolute Gasteiger partial charge is 0.265 e. The number of hydrogen-bond acceptors (Lipinski definition) is 3. The normalized spacial score (nSPS) is 16.7. The highest BCUT2D eigenvalue weighted by Gasteiger charge is 2.11. The Hall–Kier alpha value is -1.29. The average Bonchev–Trinajstić information content (AvgIpc) is 2.42. The first kappa shape index (κ1) is 13.8. The highest BCUT2D eigenvalue weighted by molar-refractivity contribution is 8.14. The van der Waals surface area contributed by atoms with Gasteiger partial charge in [-0.3, -0.25) is 10.4 Å². The molecule has 0 bridgehead atoms. The van der Waals surface area contributed by atoms with Crippen molar-refractivity contribution in [3.63, 3.8) is 0 Å². The fourth-order valence-corrected chi connectivity index (χ4v) is 2.07. The van der Waals surface area contributed by atoms with Crippen LogP contribution in [0.4, 0.5) is 0 Å². The van der Waals surface area contributed by atoms with Crippen LogP contribution in [0.1, 0.15) is 25.0 Å². The van der Waals surface area contributed by atoms with E-state index in [9.17, 15) is 0 Å². The van der Waals surface area contributed by atoms with Gasteiger partial charge in [-0.2, -0.15) is 5.10 Å². The number of hydrazone groups is 1. The lowest BCUT2D eigenvalue weighted by Gasteiger charge is -2.14. The maximum absolute atomic E-state index is 4.30. The SMILES string of the molecule is CC.CN=C1NN=C(c2ccc(C)cc2)CS1. The highest BCUT2D eigenvalue weighted by Crippen LogP contribution is 2.13. The Balaban J connectivity index is 0.000000686. The fraction of sp³-hybridized carbons (Fsp3) is 0.385. The molecular weight excluding hydrogens is 230 g/mol. The molecule has 17 heavy (non-hydrogen) atoms. The number of benzene rings is 1. The molecule has 1 N–H and O–H groups in total. The van der Waals surface area contributed by atoms with Crippen molar-refractivity contribution in [3.05, 3.63) is 35.4 Å². The topological polar surface area (TPSA) is 36.8 Å². The zero-order valence-electron chi connectivity index (χ0n) is 10.8. The van der Waals surface area contributed by atoms with Crippen LogP contribution in [0.5, 0.6) is 0 Å². The van der Waals surface area contributed by atoms with Crippen molar-refractivity contribution in [2.24, 2.45) is 10.1 Å². The van der Waals surface area contributed by atoms with E-state index >= 15 is 0 Å². The second kappa shape index (κ2) is 7.12. The summed E-state index contributed by atoms with van der Waals surface area (Å²) < 4.78 is 0. The van der Waals surface area contributed by atoms with Crippen LogP contribution < -0.4 is 5.43 Å². The predicted molar refractivity (Wildman–Crippen MR) is 78.0 cm³/mol. The van der Waals surface area contributed by atoms with Gasteiger partial charge >= 0.3 is 0 Å². The molecule has 4 heteroatoms. The number of thioether (sulfide) groups is 1. The molecule has 0 amide bonds. The maximum atomic E-state index is 4.30. The van der Waals surface area contributed by atoms with Crippen LogP contribution in [-0.2, 0) is 0 Å². The first-order valence-corrected chi connectivity index (χ1v) is 6.77. The van der Waals surface area contributed by atoms with Crippen LogP contribution in [0, 0.1) is 6.92 Å². The Morgan fingerprint density at radius 3 is 2.35 bits per heavy atom. The number of aryl methyl sites for hydroxylation is 1. The molecule has 0 fully saturated rings. The van der Waals surface area contributed by atoms with Crippen LogP contribution in [0.2, 0.25) is 0 Å². The molecule has 0 saturated heterocycles. The van der Waals surface area contributed by atoms with Crippen LogP contribution in [0.25, 0.3) is 0 Å². The quantitative estimate of drug-likeness (QED) is 0.830. The third-order valence-corrected chi connectivity index (χ3v) is 3.19. The third kappa shape index (κ3) is 3.89. The highest BCUT2D eigenvalue weighted by atomic mass is 32.2. The Kier molecular flexibility index (Phi) is 5.77. The molecule has 3 nitrogen and oxygen atoms in total. The summed E-state index contributed by atoms with van der Waals surface area (Å²) in [7, 11) is 1.77. The molecule has 0 radical (unpaired) electrons. The number of nitrogens with zero attached hydrogens (tertiary/aromatic N) is 2. The predicted octanol–water partition coefficient (Wildman–Crippen LogP) is 3.05. The van der Waals surface area contributed by atoms with E-state index in [1.54, 1.807) is 18.8 Å². The number of amidine groups is 1. The Labute approximate surface area is 107 Å². The fourth-order valence-electron chi connectivity index (χ4n) is 1.32. The lowest BCUT2D eigenvalue weighted by molar-refractivity contribution is 1.03. The van der Waals surface area contributed by atoms with E-state index in [4.69, 9.17) is 0 Å². The van der Waals surface area contributed by atoms with Crippen LogP contribution in [-0.4, -0.2) is 23.7 Å². The lowest BCUT2D eigenvalue weighted by atomic mass is 10.1. The van der Waals surface area contributed by atoms with E-state index in [-0.39, 0.29) is 0 Å². The molecule has 92 valence electrons. The van der Waals surface area contributed by atoms with Crippen molar-refractivity contribution >= 4 is 22.6 Å². The summed E-state index contributed by atoms with van der Waals surface area (Å²) in [5, 5.41) is 5.18. The minimum Gasteiger partial charge on any atom is -0.265 e. The molecule has 0 saturated carbocycles. The summed E-state index contributed by atoms with van der Waals surface area (Å²) >= 11 is 1.68. The van der Waals surface area contributed by atoms with Crippen molar-refractivity contribution in [2.45, 2.75) is 20.8 Å². The Morgan fingerprint density at radius 1 is 1.24 bits per heavy atom. The first-order valence-electron chi connectivity index (χ1n) is 5.79. The minimum atomic E-state index is 0.878. The van der Waals surface area contributed by atoms with E-state index < -0.39 is 0 Å². The van der Waals surface area contributed by atoms with Gasteiger partial charge in [0.2, 0.25) is 0 Å². The van der Waals surface area contributed by atoms with Gasteiger partial charge in [0.25, 0.3) is 0 Å². The van der Waals surface area contributed by atoms with Gasteiger partial charge in [0.15, 0.2) is 5.17 Å². The standard InChI is InChI=1S/C11H13N3S.C2H6/c1-8-3-5-9(6-4-8)10-7-15-11(12-2)14-13-10;1-2/h3-6H,7H2,1-2H3,(H,12,14);1-2H3. The molecule has 0 atom stereocenters. The van der Waals surface area contributed by atoms with E-state index in [1.807, 2.05) is 13.8 Å². The third-order valence-electron chi connectivity index (χ3n) is 2.22. The molecule has 0 aromatic heterocycles. The number of nitrogens with one attached hydrogen (secondary N) is 1. The van der Waals surface area contributed by atoms with Crippen molar-refractivity contribution in [3.8, 4) is 0 Å². The smallest absolute Gasteiger partial charge is 0.177 e. The molecule has 0 unspecified atom stereocenters. The Bertz CT molecular complexity index is 407. The molecule has 1 aliphatic heterocycles. The zero-order chi connectivity index (χ0) is 12.7. The van der Waals surface area contributed by atoms with Gasteiger partial charge in [-0.1, -0.05) is 55.4 Å². The number of hydrogen-bond donors (Lipinski definition) is 1. The summed E-state index contributed by atoms with van der Waals surface area (Å²) in [6.45, 7) is 6.08.